The molecule has 8 heteroatoms. The fourth-order valence-corrected chi connectivity index (χ4v) is 2.55. The summed E-state index contributed by atoms with van der Waals surface area (Å²) in [5, 5.41) is 12.8. The lowest BCUT2D eigenvalue weighted by atomic mass is 10.1. The van der Waals surface area contributed by atoms with E-state index in [0.29, 0.717) is 30.6 Å². The van der Waals surface area contributed by atoms with Gasteiger partial charge in [-0.2, -0.15) is 4.98 Å². The van der Waals surface area contributed by atoms with Gasteiger partial charge in [-0.05, 0) is 37.7 Å². The van der Waals surface area contributed by atoms with Crippen LogP contribution in [-0.4, -0.2) is 63.5 Å². The van der Waals surface area contributed by atoms with E-state index in [1.807, 2.05) is 31.3 Å². The van der Waals surface area contributed by atoms with E-state index in [9.17, 15) is 0 Å². The molecule has 0 saturated carbocycles. The Morgan fingerprint density at radius 1 is 1.15 bits per heavy atom. The number of nitrogens with zero attached hydrogens (tertiary/aromatic N) is 5. The molecule has 0 bridgehead atoms. The molecule has 0 fully saturated rings. The Morgan fingerprint density at radius 2 is 2.04 bits per heavy atom. The predicted octanol–water partition coefficient (Wildman–Crippen LogP) is 2.20. The lowest BCUT2D eigenvalue weighted by molar-refractivity contribution is 0.207. The van der Waals surface area contributed by atoms with Gasteiger partial charge in [0.25, 0.3) is 0 Å². The molecule has 0 aromatic carbocycles. The van der Waals surface area contributed by atoms with Gasteiger partial charge in [-0.25, -0.2) is 0 Å². The third kappa shape index (κ3) is 5.32. The third-order valence-corrected chi connectivity index (χ3v) is 3.98. The summed E-state index contributed by atoms with van der Waals surface area (Å²) in [6, 6.07) is 7.47. The Hall–Kier alpha value is -2.84. The quantitative estimate of drug-likeness (QED) is 0.573. The lowest BCUT2D eigenvalue weighted by Crippen LogP contribution is -2.24. The first-order valence-electron chi connectivity index (χ1n) is 8.81. The molecule has 8 nitrogen and oxygen atoms in total. The van der Waals surface area contributed by atoms with Gasteiger partial charge in [0.2, 0.25) is 11.7 Å². The van der Waals surface area contributed by atoms with E-state index in [1.54, 1.807) is 19.3 Å². The van der Waals surface area contributed by atoms with Gasteiger partial charge >= 0.3 is 0 Å². The Labute approximate surface area is 157 Å². The summed E-state index contributed by atoms with van der Waals surface area (Å²) < 4.78 is 10.7. The zero-order chi connectivity index (χ0) is 19.1. The van der Waals surface area contributed by atoms with Crippen LogP contribution in [0.5, 0.6) is 5.75 Å². The van der Waals surface area contributed by atoms with Crippen LogP contribution in [0.4, 0.5) is 0 Å². The molecule has 3 heterocycles. The largest absolute Gasteiger partial charge is 0.492 e. The zero-order valence-electron chi connectivity index (χ0n) is 15.5. The van der Waals surface area contributed by atoms with Gasteiger partial charge in [0.15, 0.2) is 0 Å². The Morgan fingerprint density at radius 3 is 2.74 bits per heavy atom. The molecule has 0 atom stereocenters. The van der Waals surface area contributed by atoms with Crippen LogP contribution in [0.25, 0.3) is 22.8 Å². The highest BCUT2D eigenvalue weighted by atomic mass is 16.5. The summed E-state index contributed by atoms with van der Waals surface area (Å²) >= 11 is 0. The first-order chi connectivity index (χ1) is 13.2. The Bertz CT molecular complexity index is 851. The van der Waals surface area contributed by atoms with Crippen molar-refractivity contribution in [2.75, 3.05) is 33.4 Å². The van der Waals surface area contributed by atoms with Crippen molar-refractivity contribution in [1.82, 2.24) is 25.0 Å². The highest BCUT2D eigenvalue weighted by molar-refractivity contribution is 5.64. The molecule has 27 heavy (non-hydrogen) atoms. The van der Waals surface area contributed by atoms with Gasteiger partial charge in [-0.3, -0.25) is 9.97 Å². The summed E-state index contributed by atoms with van der Waals surface area (Å²) in [5.74, 6) is 1.77. The molecule has 0 aliphatic heterocycles. The van der Waals surface area contributed by atoms with Crippen molar-refractivity contribution in [2.24, 2.45) is 0 Å². The Kier molecular flexibility index (Phi) is 6.45. The third-order valence-electron chi connectivity index (χ3n) is 3.98. The molecule has 0 aliphatic carbocycles. The van der Waals surface area contributed by atoms with Gasteiger partial charge in [-0.1, -0.05) is 5.16 Å². The van der Waals surface area contributed by atoms with Gasteiger partial charge in [0.05, 0.1) is 30.8 Å². The first kappa shape index (κ1) is 18.9. The maximum Gasteiger partial charge on any atom is 0.223 e. The standard InChI is InChI=1S/C19H23N5O3/c1-14-22-19(23-27-14)15-6-7-20-18(12-15)17-5-4-16(13-21-17)26-11-3-8-24(2)9-10-25/h4-7,12-13,25H,3,8-11H2,1-2H3. The van der Waals surface area contributed by atoms with Crippen molar-refractivity contribution in [3.63, 3.8) is 0 Å². The van der Waals surface area contributed by atoms with Crippen molar-refractivity contribution >= 4 is 0 Å². The average molecular weight is 369 g/mol. The minimum Gasteiger partial charge on any atom is -0.492 e. The minimum absolute atomic E-state index is 0.171. The maximum atomic E-state index is 8.88. The van der Waals surface area contributed by atoms with Crippen LogP contribution in [0.15, 0.2) is 41.2 Å². The summed E-state index contributed by atoms with van der Waals surface area (Å²) in [6.45, 7) is 4.07. The van der Waals surface area contributed by atoms with Crippen LogP contribution < -0.4 is 4.74 Å². The van der Waals surface area contributed by atoms with Crippen LogP contribution in [0, 0.1) is 6.92 Å². The SMILES string of the molecule is Cc1nc(-c2ccnc(-c3ccc(OCCCN(C)CCO)cn3)c2)no1. The van der Waals surface area contributed by atoms with Crippen molar-refractivity contribution in [2.45, 2.75) is 13.3 Å². The molecule has 0 aliphatic rings. The van der Waals surface area contributed by atoms with E-state index in [2.05, 4.69) is 25.0 Å². The second kappa shape index (κ2) is 9.20. The fourth-order valence-electron chi connectivity index (χ4n) is 2.55. The number of hydrogen-bond donors (Lipinski definition) is 1. The van der Waals surface area contributed by atoms with E-state index in [1.165, 1.54) is 0 Å². The van der Waals surface area contributed by atoms with E-state index in [-0.39, 0.29) is 6.61 Å². The smallest absolute Gasteiger partial charge is 0.223 e. The number of aliphatic hydroxyl groups is 1. The van der Waals surface area contributed by atoms with Crippen molar-refractivity contribution in [1.29, 1.82) is 0 Å². The van der Waals surface area contributed by atoms with Crippen molar-refractivity contribution in [3.05, 3.63) is 42.5 Å². The fraction of sp³-hybridized carbons (Fsp3) is 0.368. The number of rotatable bonds is 9. The molecule has 3 aromatic heterocycles. The summed E-state index contributed by atoms with van der Waals surface area (Å²) in [4.78, 5) is 15.1. The molecular formula is C19H23N5O3. The van der Waals surface area contributed by atoms with E-state index in [0.717, 1.165) is 29.9 Å². The summed E-state index contributed by atoms with van der Waals surface area (Å²) in [7, 11) is 1.98. The number of aliphatic hydroxyl groups excluding tert-OH is 1. The van der Waals surface area contributed by atoms with Gasteiger partial charge in [0.1, 0.15) is 5.75 Å². The minimum atomic E-state index is 0.171. The number of ether oxygens (including phenoxy) is 1. The number of aryl methyl sites for hydroxylation is 1. The van der Waals surface area contributed by atoms with E-state index >= 15 is 0 Å². The van der Waals surface area contributed by atoms with Gasteiger partial charge < -0.3 is 19.3 Å². The molecule has 0 spiro atoms. The van der Waals surface area contributed by atoms with Crippen molar-refractivity contribution < 1.29 is 14.4 Å². The van der Waals surface area contributed by atoms with E-state index in [4.69, 9.17) is 14.4 Å². The van der Waals surface area contributed by atoms with Crippen LogP contribution in [0.2, 0.25) is 0 Å². The Balaban J connectivity index is 1.59. The molecule has 142 valence electrons. The second-order valence-corrected chi connectivity index (χ2v) is 6.17. The molecule has 1 N–H and O–H groups in total. The molecule has 0 unspecified atom stereocenters. The second-order valence-electron chi connectivity index (χ2n) is 6.17. The van der Waals surface area contributed by atoms with Crippen LogP contribution in [-0.2, 0) is 0 Å². The maximum absolute atomic E-state index is 8.88. The number of likely N-dealkylation sites (N-methyl/N-ethyl adjacent to an activating group) is 1. The van der Waals surface area contributed by atoms with Crippen molar-refractivity contribution in [3.8, 4) is 28.5 Å². The van der Waals surface area contributed by atoms with E-state index < -0.39 is 0 Å². The first-order valence-corrected chi connectivity index (χ1v) is 8.81. The monoisotopic (exact) mass is 369 g/mol. The van der Waals surface area contributed by atoms with Crippen LogP contribution in [0.1, 0.15) is 12.3 Å². The van der Waals surface area contributed by atoms with Gasteiger partial charge in [0, 0.05) is 31.8 Å². The summed E-state index contributed by atoms with van der Waals surface area (Å²) in [6.07, 6.45) is 4.27. The average Bonchev–Trinajstić information content (AvgIpc) is 3.13. The molecule has 3 aromatic rings. The molecule has 0 saturated heterocycles. The van der Waals surface area contributed by atoms with Crippen LogP contribution >= 0.6 is 0 Å². The van der Waals surface area contributed by atoms with Gasteiger partial charge in [-0.15, -0.1) is 0 Å². The normalized spacial score (nSPS) is 11.1. The zero-order valence-corrected chi connectivity index (χ0v) is 15.5. The molecule has 3 rings (SSSR count). The number of aromatic nitrogens is 4. The number of pyridine rings is 2. The molecule has 0 radical (unpaired) electrons. The molecular weight excluding hydrogens is 346 g/mol. The highest BCUT2D eigenvalue weighted by Crippen LogP contribution is 2.22. The highest BCUT2D eigenvalue weighted by Gasteiger charge is 2.09. The number of hydrogen-bond acceptors (Lipinski definition) is 8. The molecule has 0 amide bonds. The predicted molar refractivity (Wildman–Crippen MR) is 100 cm³/mol. The topological polar surface area (TPSA) is 97.4 Å². The summed E-state index contributed by atoms with van der Waals surface area (Å²) in [5.41, 5.74) is 2.30. The van der Waals surface area contributed by atoms with Crippen LogP contribution in [0.3, 0.4) is 0 Å². The lowest BCUT2D eigenvalue weighted by Gasteiger charge is -2.14.